The van der Waals surface area contributed by atoms with Crippen molar-refractivity contribution in [1.29, 1.82) is 0 Å². The molecule has 0 radical (unpaired) electrons. The van der Waals surface area contributed by atoms with Gasteiger partial charge in [-0.2, -0.15) is 0 Å². The summed E-state index contributed by atoms with van der Waals surface area (Å²) in [6.45, 7) is 2.24. The van der Waals surface area contributed by atoms with Crippen LogP contribution in [0.2, 0.25) is 0 Å². The van der Waals surface area contributed by atoms with E-state index in [0.717, 1.165) is 5.56 Å². The Balaban J connectivity index is 1.82. The molecule has 0 fully saturated rings. The Labute approximate surface area is 280 Å². The summed E-state index contributed by atoms with van der Waals surface area (Å²) in [6.07, 6.45) is 0. The van der Waals surface area contributed by atoms with Gasteiger partial charge in [-0.05, 0) is 79.7 Å². The number of rotatable bonds is 11. The maximum Gasteiger partial charge on any atom is 0.207 e. The fraction of sp³-hybridized carbons (Fsp3) is 0.273. The van der Waals surface area contributed by atoms with Crippen LogP contribution in [-0.4, -0.2) is 85.3 Å². The fourth-order valence-corrected chi connectivity index (χ4v) is 9.76. The molecule has 47 heavy (non-hydrogen) atoms. The molecule has 0 aliphatic heterocycles. The van der Waals surface area contributed by atoms with Crippen LogP contribution < -0.4 is 0 Å². The van der Waals surface area contributed by atoms with Crippen LogP contribution in [0.4, 0.5) is 0 Å². The lowest BCUT2D eigenvalue weighted by molar-refractivity contribution is -0.884. The van der Waals surface area contributed by atoms with Crippen molar-refractivity contribution < 1.29 is 43.0 Å². The number of hydrogen-bond donors (Lipinski definition) is 1. The van der Waals surface area contributed by atoms with Crippen molar-refractivity contribution >= 4 is 40.6 Å². The van der Waals surface area contributed by atoms with Gasteiger partial charge in [0.1, 0.15) is 13.1 Å². The van der Waals surface area contributed by atoms with Crippen LogP contribution in [0, 0.1) is 6.92 Å². The van der Waals surface area contributed by atoms with Crippen molar-refractivity contribution in [3.63, 3.8) is 0 Å². The molecule has 0 saturated carbocycles. The van der Waals surface area contributed by atoms with Crippen LogP contribution in [0.3, 0.4) is 0 Å². The number of aryl methyl sites for hydroxylation is 1. The third-order valence-corrected chi connectivity index (χ3v) is 13.4. The number of quaternary nitrogens is 2. The predicted octanol–water partition coefficient (Wildman–Crippen LogP) is 4.49. The van der Waals surface area contributed by atoms with Crippen LogP contribution in [0.1, 0.15) is 16.7 Å². The van der Waals surface area contributed by atoms with Crippen LogP contribution in [-0.2, 0) is 53.7 Å². The molecule has 0 aliphatic rings. The fourth-order valence-electron chi connectivity index (χ4n) is 5.09. The van der Waals surface area contributed by atoms with Gasteiger partial charge in [-0.15, -0.1) is 0 Å². The van der Waals surface area contributed by atoms with E-state index < -0.39 is 40.6 Å². The largest absolute Gasteiger partial charge is 0.327 e. The highest BCUT2D eigenvalue weighted by molar-refractivity contribution is 7.92. The zero-order chi connectivity index (χ0) is 35.2. The van der Waals surface area contributed by atoms with E-state index in [1.54, 1.807) is 12.1 Å². The van der Waals surface area contributed by atoms with Gasteiger partial charge in [-0.25, -0.2) is 29.5 Å². The molecular weight excluding hydrogens is 681 g/mol. The van der Waals surface area contributed by atoms with Crippen molar-refractivity contribution in [1.82, 2.24) is 0 Å². The lowest BCUT2D eigenvalue weighted by Gasteiger charge is -2.27. The van der Waals surface area contributed by atoms with E-state index in [4.69, 9.17) is 0 Å². The van der Waals surface area contributed by atoms with Crippen LogP contribution >= 0.6 is 0 Å². The monoisotopic (exact) mass is 720 g/mol. The van der Waals surface area contributed by atoms with E-state index in [1.165, 1.54) is 72.8 Å². The molecule has 0 heterocycles. The zero-order valence-electron chi connectivity index (χ0n) is 27.3. The lowest BCUT2D eigenvalue weighted by atomic mass is 10.2. The van der Waals surface area contributed by atoms with E-state index in [-0.39, 0.29) is 57.4 Å². The van der Waals surface area contributed by atoms with Gasteiger partial charge in [0.2, 0.25) is 29.5 Å². The first-order chi connectivity index (χ1) is 21.5. The molecule has 4 aromatic rings. The second-order valence-electron chi connectivity index (χ2n) is 13.5. The Morgan fingerprint density at radius 1 is 0.532 bits per heavy atom. The highest BCUT2D eigenvalue weighted by Gasteiger charge is 2.31. The highest BCUT2D eigenvalue weighted by Crippen LogP contribution is 2.33. The number of hydrogen-bond acceptors (Lipinski definition) is 7. The van der Waals surface area contributed by atoms with E-state index in [2.05, 4.69) is 0 Å². The lowest BCUT2D eigenvalue weighted by Crippen LogP contribution is -2.34. The Morgan fingerprint density at radius 2 is 0.894 bits per heavy atom. The molecule has 4 aromatic carbocycles. The van der Waals surface area contributed by atoms with Crippen molar-refractivity contribution in [3.05, 3.63) is 102 Å². The molecular formula is C33H40N2O8S4+2. The Hall–Kier alpha value is -3.24. The predicted molar refractivity (Wildman–Crippen MR) is 179 cm³/mol. The van der Waals surface area contributed by atoms with Crippen LogP contribution in [0.25, 0.3) is 0 Å². The van der Waals surface area contributed by atoms with Gasteiger partial charge in [0.15, 0.2) is 11.1 Å². The van der Waals surface area contributed by atoms with E-state index in [0.29, 0.717) is 10.0 Å². The van der Waals surface area contributed by atoms with Gasteiger partial charge >= 0.3 is 0 Å². The summed E-state index contributed by atoms with van der Waals surface area (Å²) >= 11 is -2.32. The summed E-state index contributed by atoms with van der Waals surface area (Å²) in [6, 6.07) is 19.2. The average Bonchev–Trinajstić information content (AvgIpc) is 2.95. The van der Waals surface area contributed by atoms with E-state index >= 15 is 0 Å². The van der Waals surface area contributed by atoms with Gasteiger partial charge in [0.25, 0.3) is 0 Å². The minimum Gasteiger partial charge on any atom is -0.327 e. The summed E-state index contributed by atoms with van der Waals surface area (Å²) in [4.78, 5) is -0.319. The summed E-state index contributed by atoms with van der Waals surface area (Å²) < 4.78 is 105. The Kier molecular flexibility index (Phi) is 10.1. The van der Waals surface area contributed by atoms with Crippen molar-refractivity contribution in [3.8, 4) is 0 Å². The molecule has 0 spiro atoms. The molecule has 1 N–H and O–H groups in total. The smallest absolute Gasteiger partial charge is 0.207 e. The van der Waals surface area contributed by atoms with Crippen molar-refractivity contribution in [2.75, 3.05) is 42.3 Å². The first kappa shape index (κ1) is 36.6. The molecule has 1 unspecified atom stereocenters. The topological polar surface area (TPSA) is 140 Å². The Bertz CT molecular complexity index is 2170. The molecule has 0 saturated heterocycles. The Morgan fingerprint density at radius 3 is 1.32 bits per heavy atom. The molecule has 0 aliphatic carbocycles. The summed E-state index contributed by atoms with van der Waals surface area (Å²) in [5.41, 5.74) is 1.52. The first-order valence-corrected chi connectivity index (χ1v) is 20.0. The third-order valence-electron chi connectivity index (χ3n) is 7.22. The quantitative estimate of drug-likeness (QED) is 0.177. The van der Waals surface area contributed by atoms with Crippen molar-refractivity contribution in [2.24, 2.45) is 0 Å². The van der Waals surface area contributed by atoms with E-state index in [9.17, 15) is 34.0 Å². The van der Waals surface area contributed by atoms with Crippen LogP contribution in [0.15, 0.2) is 119 Å². The maximum atomic E-state index is 14.3. The van der Waals surface area contributed by atoms with Gasteiger partial charge in [0.05, 0.1) is 76.6 Å². The van der Waals surface area contributed by atoms with Crippen LogP contribution in [0.5, 0.6) is 0 Å². The highest BCUT2D eigenvalue weighted by atomic mass is 32.2. The zero-order valence-corrected chi connectivity index (χ0v) is 30.6. The second kappa shape index (κ2) is 13.0. The maximum absolute atomic E-state index is 14.3. The molecule has 0 bridgehead atoms. The van der Waals surface area contributed by atoms with Crippen molar-refractivity contribution in [2.45, 2.75) is 54.3 Å². The number of sulfone groups is 3. The normalized spacial score (nSPS) is 13.8. The molecule has 4 rings (SSSR count). The molecule has 0 amide bonds. The number of nitrogens with zero attached hydrogens (tertiary/aromatic N) is 2. The molecule has 1 atom stereocenters. The third kappa shape index (κ3) is 8.26. The minimum absolute atomic E-state index is 0.0385. The van der Waals surface area contributed by atoms with Gasteiger partial charge in [-0.3, -0.25) is 0 Å². The summed E-state index contributed by atoms with van der Waals surface area (Å²) in [7, 11) is -1.15. The van der Waals surface area contributed by atoms with Gasteiger partial charge < -0.3 is 13.5 Å². The average molecular weight is 721 g/mol. The second-order valence-corrected chi connectivity index (χ2v) is 20.2. The SMILES string of the molecule is Cc1ccc(S(=O)(=O)c2ccc(S(=O)(=O)c3ccc(S(=O)(=O)c4ccc(S(=O)O)cc4C[N+](C)(C)C)c(C[N+](C)(C)C)c3)cc2)cc1. The minimum atomic E-state index is -4.23. The van der Waals surface area contributed by atoms with Gasteiger partial charge in [0, 0.05) is 11.1 Å². The first-order valence-electron chi connectivity index (χ1n) is 14.4. The summed E-state index contributed by atoms with van der Waals surface area (Å²) in [5.74, 6) is 0. The van der Waals surface area contributed by atoms with Gasteiger partial charge in [-0.1, -0.05) is 17.7 Å². The molecule has 252 valence electrons. The standard InChI is InChI=1S/C33H39N2O8S4/c1-24-8-11-28(12-9-24)45(38,39)29-13-15-30(16-14-29)46(40,41)31-17-19-33(26(21-31)23-35(5,6)7)47(42,43)32-18-10-27(44(36)37)20-25(32)22-34(2,3)4/h8-21H,22-23H2,1-7H3/q+1/p+1. The molecule has 0 aromatic heterocycles. The molecule has 10 nitrogen and oxygen atoms in total. The number of benzene rings is 4. The molecule has 14 heteroatoms. The summed E-state index contributed by atoms with van der Waals surface area (Å²) in [5, 5.41) is 0. The van der Waals surface area contributed by atoms with E-state index in [1.807, 2.05) is 49.2 Å².